The number of aromatic nitrogens is 3. The van der Waals surface area contributed by atoms with Gasteiger partial charge in [-0.15, -0.1) is 5.10 Å². The lowest BCUT2D eigenvalue weighted by atomic mass is 9.86. The van der Waals surface area contributed by atoms with Crippen molar-refractivity contribution in [3.05, 3.63) is 107 Å². The van der Waals surface area contributed by atoms with Crippen LogP contribution in [0.4, 0.5) is 13.2 Å². The summed E-state index contributed by atoms with van der Waals surface area (Å²) in [5.41, 5.74) is 0.0753. The van der Waals surface area contributed by atoms with Gasteiger partial charge in [-0.2, -0.15) is 0 Å². The summed E-state index contributed by atoms with van der Waals surface area (Å²) < 4.78 is 54.4. The third kappa shape index (κ3) is 5.20. The molecule has 6 aromatic rings. The Morgan fingerprint density at radius 1 is 0.960 bits per heavy atom. The monoisotopic (exact) mass is 704 g/mol. The highest BCUT2D eigenvalue weighted by atomic mass is 35.5. The molecule has 2 aliphatic rings. The van der Waals surface area contributed by atoms with E-state index >= 15 is 0 Å². The molecule has 0 radical (unpaired) electrons. The first kappa shape index (κ1) is 32.6. The SMILES string of the molecule is O=C(N[C@@H]1CCO[C@]12O[C@H](CO)[C@H](O)[C@H](n1cc(-c3cc(F)c(F)c(F)c3)nn1)[C@H]2O)c1ccc2c(Cl)c3cc4ccccc4cc3cc2c1. The Labute approximate surface area is 286 Å². The number of hydrogen-bond acceptors (Lipinski definition) is 8. The molecule has 10 nitrogen and oxygen atoms in total. The fourth-order valence-electron chi connectivity index (χ4n) is 7.09. The van der Waals surface area contributed by atoms with Gasteiger partial charge in [0.1, 0.15) is 30.0 Å². The number of fused-ring (bicyclic) bond motifs is 3. The van der Waals surface area contributed by atoms with Gasteiger partial charge < -0.3 is 30.1 Å². The Bertz CT molecular complexity index is 2300. The highest BCUT2D eigenvalue weighted by Crippen LogP contribution is 2.44. The van der Waals surface area contributed by atoms with Crippen LogP contribution in [0.1, 0.15) is 22.8 Å². The molecular weight excluding hydrogens is 677 g/mol. The number of aliphatic hydroxyl groups excluding tert-OH is 3. The van der Waals surface area contributed by atoms with Crippen molar-refractivity contribution >= 4 is 49.8 Å². The van der Waals surface area contributed by atoms with Crippen molar-refractivity contribution in [1.29, 1.82) is 0 Å². The van der Waals surface area contributed by atoms with Gasteiger partial charge in [-0.1, -0.05) is 47.1 Å². The van der Waals surface area contributed by atoms with Crippen LogP contribution in [-0.4, -0.2) is 79.6 Å². The number of carbonyl (C=O) groups is 1. The standard InChI is InChI=1S/C36H28ClF3N4O6/c37-30-23-6-5-19(10-20(23)11-21-9-17-3-1-2-4-18(17)12-24(21)30)35(48)41-29-7-8-49-36(29)34(47)32(33(46)28(16-45)50-36)44-15-27(42-43-44)22-13-25(38)31(40)26(39)14-22/h1-6,9-15,28-29,32-34,45-47H,7-8,16H2,(H,41,48)/t28-,29-,32+,33+,34-,36+/m1/s1. The molecule has 2 aliphatic heterocycles. The number of amides is 1. The van der Waals surface area contributed by atoms with Crippen LogP contribution >= 0.6 is 11.6 Å². The lowest BCUT2D eigenvalue weighted by molar-refractivity contribution is -0.344. The zero-order valence-electron chi connectivity index (χ0n) is 25.9. The maximum atomic E-state index is 13.9. The van der Waals surface area contributed by atoms with Crippen LogP contribution in [-0.2, 0) is 9.47 Å². The molecule has 2 saturated heterocycles. The Morgan fingerprint density at radius 2 is 1.66 bits per heavy atom. The van der Waals surface area contributed by atoms with E-state index in [1.807, 2.05) is 42.5 Å². The zero-order chi connectivity index (χ0) is 34.9. The number of nitrogens with zero attached hydrogens (tertiary/aromatic N) is 3. The van der Waals surface area contributed by atoms with Gasteiger partial charge in [-0.3, -0.25) is 4.79 Å². The van der Waals surface area contributed by atoms with E-state index in [1.54, 1.807) is 18.2 Å². The van der Waals surface area contributed by atoms with E-state index < -0.39 is 66.1 Å². The van der Waals surface area contributed by atoms with Crippen LogP contribution in [0.15, 0.2) is 79.0 Å². The first-order chi connectivity index (χ1) is 24.1. The third-order valence-electron chi connectivity index (χ3n) is 9.62. The van der Waals surface area contributed by atoms with Crippen LogP contribution in [0, 0.1) is 17.5 Å². The first-order valence-corrected chi connectivity index (χ1v) is 16.2. The molecular formula is C36H28ClF3N4O6. The summed E-state index contributed by atoms with van der Waals surface area (Å²) in [7, 11) is 0. The molecule has 3 heterocycles. The molecule has 8 rings (SSSR count). The second-order valence-electron chi connectivity index (χ2n) is 12.5. The number of aliphatic hydroxyl groups is 3. The zero-order valence-corrected chi connectivity index (χ0v) is 26.7. The summed E-state index contributed by atoms with van der Waals surface area (Å²) in [6, 6.07) is 18.3. The van der Waals surface area contributed by atoms with Gasteiger partial charge in [0.2, 0.25) is 5.79 Å². The average Bonchev–Trinajstić information content (AvgIpc) is 3.76. The van der Waals surface area contributed by atoms with Crippen LogP contribution in [0.5, 0.6) is 0 Å². The molecule has 0 unspecified atom stereocenters. The molecule has 5 aromatic carbocycles. The number of nitrogens with one attached hydrogen (secondary N) is 1. The molecule has 6 atom stereocenters. The largest absolute Gasteiger partial charge is 0.394 e. The lowest BCUT2D eigenvalue weighted by Crippen LogP contribution is -2.69. The average molecular weight is 705 g/mol. The van der Waals surface area contributed by atoms with Gasteiger partial charge in [0, 0.05) is 21.9 Å². The number of halogens is 4. The molecule has 0 bridgehead atoms. The number of rotatable bonds is 5. The summed E-state index contributed by atoms with van der Waals surface area (Å²) >= 11 is 6.86. The van der Waals surface area contributed by atoms with Crippen molar-refractivity contribution in [1.82, 2.24) is 20.3 Å². The number of hydrogen-bond donors (Lipinski definition) is 4. The molecule has 256 valence electrons. The highest BCUT2D eigenvalue weighted by molar-refractivity contribution is 6.41. The van der Waals surface area contributed by atoms with Gasteiger partial charge in [0.05, 0.1) is 30.5 Å². The molecule has 1 aromatic heterocycles. The Balaban J connectivity index is 1.10. The van der Waals surface area contributed by atoms with Crippen molar-refractivity contribution < 1.29 is 42.8 Å². The fourth-order valence-corrected chi connectivity index (χ4v) is 7.42. The molecule has 1 amide bonds. The van der Waals surface area contributed by atoms with Gasteiger partial charge in [-0.05, 0) is 70.4 Å². The van der Waals surface area contributed by atoms with Crippen LogP contribution in [0.3, 0.4) is 0 Å². The van der Waals surface area contributed by atoms with E-state index in [4.69, 9.17) is 21.1 Å². The number of ether oxygens (including phenoxy) is 2. The fraction of sp³-hybridized carbons (Fsp3) is 0.250. The van der Waals surface area contributed by atoms with E-state index in [0.29, 0.717) is 10.6 Å². The van der Waals surface area contributed by atoms with E-state index in [0.717, 1.165) is 49.1 Å². The minimum atomic E-state index is -1.94. The Morgan fingerprint density at radius 3 is 2.40 bits per heavy atom. The summed E-state index contributed by atoms with van der Waals surface area (Å²) in [4.78, 5) is 13.8. The summed E-state index contributed by atoms with van der Waals surface area (Å²) in [5, 5.41) is 49.7. The van der Waals surface area contributed by atoms with Gasteiger partial charge in [-0.25, -0.2) is 17.9 Å². The van der Waals surface area contributed by atoms with Crippen LogP contribution in [0.25, 0.3) is 43.6 Å². The van der Waals surface area contributed by atoms with Crippen LogP contribution < -0.4 is 5.32 Å². The summed E-state index contributed by atoms with van der Waals surface area (Å²) in [6.07, 6.45) is -3.15. The second-order valence-corrected chi connectivity index (χ2v) is 12.9. The van der Waals surface area contributed by atoms with Crippen molar-refractivity contribution in [2.45, 2.75) is 42.6 Å². The van der Waals surface area contributed by atoms with E-state index in [1.165, 1.54) is 6.20 Å². The van der Waals surface area contributed by atoms with Crippen molar-refractivity contribution in [2.75, 3.05) is 13.2 Å². The predicted molar refractivity (Wildman–Crippen MR) is 177 cm³/mol. The quantitative estimate of drug-likeness (QED) is 0.145. The van der Waals surface area contributed by atoms with Gasteiger partial charge >= 0.3 is 0 Å². The molecule has 4 N–H and O–H groups in total. The molecule has 2 fully saturated rings. The minimum Gasteiger partial charge on any atom is -0.394 e. The van der Waals surface area contributed by atoms with E-state index in [-0.39, 0.29) is 24.3 Å². The maximum absolute atomic E-state index is 13.9. The van der Waals surface area contributed by atoms with Gasteiger partial charge in [0.25, 0.3) is 5.91 Å². The lowest BCUT2D eigenvalue weighted by Gasteiger charge is -2.49. The molecule has 14 heteroatoms. The molecule has 0 aliphatic carbocycles. The highest BCUT2D eigenvalue weighted by Gasteiger charge is 2.62. The topological polar surface area (TPSA) is 139 Å². The molecule has 0 saturated carbocycles. The van der Waals surface area contributed by atoms with Gasteiger partial charge in [0.15, 0.2) is 17.5 Å². The molecule has 50 heavy (non-hydrogen) atoms. The third-order valence-corrected chi connectivity index (χ3v) is 10.0. The smallest absolute Gasteiger partial charge is 0.251 e. The van der Waals surface area contributed by atoms with Crippen molar-refractivity contribution in [3.8, 4) is 11.3 Å². The molecule has 1 spiro atoms. The number of benzene rings is 5. The van der Waals surface area contributed by atoms with Crippen LogP contribution in [0.2, 0.25) is 5.02 Å². The first-order valence-electron chi connectivity index (χ1n) is 15.8. The van der Waals surface area contributed by atoms with Crippen molar-refractivity contribution in [3.63, 3.8) is 0 Å². The van der Waals surface area contributed by atoms with E-state index in [2.05, 4.69) is 15.6 Å². The maximum Gasteiger partial charge on any atom is 0.251 e. The number of carbonyl (C=O) groups excluding carboxylic acids is 1. The summed E-state index contributed by atoms with van der Waals surface area (Å²) in [6.45, 7) is -0.645. The summed E-state index contributed by atoms with van der Waals surface area (Å²) in [5.74, 6) is -6.96. The predicted octanol–water partition coefficient (Wildman–Crippen LogP) is 5.04. The minimum absolute atomic E-state index is 0.0486. The normalized spacial score (nSPS) is 25.2. The van der Waals surface area contributed by atoms with Crippen molar-refractivity contribution in [2.24, 2.45) is 0 Å². The Hall–Kier alpha value is -4.63. The van der Waals surface area contributed by atoms with E-state index in [9.17, 15) is 33.3 Å². The Kier molecular flexibility index (Phi) is 8.01. The second kappa shape index (κ2) is 12.3.